The van der Waals surface area contributed by atoms with Gasteiger partial charge in [-0.1, -0.05) is 24.3 Å². The van der Waals surface area contributed by atoms with Crippen LogP contribution >= 0.6 is 0 Å². The second-order valence-electron chi connectivity index (χ2n) is 5.31. The van der Waals surface area contributed by atoms with E-state index in [1.807, 2.05) is 0 Å². The Morgan fingerprint density at radius 3 is 1.35 bits per heavy atom. The standard InChI is InChI=1S/C16H10F8OS/c17-13-9(7-15(19,20)21)3-1-5-11(13)26(25)12-6-2-4-10(14(12)18)8-16(22,23)24/h1-6H,7-8H2. The molecule has 2 rings (SSSR count). The summed E-state index contributed by atoms with van der Waals surface area (Å²) in [5, 5.41) is 0. The van der Waals surface area contributed by atoms with Crippen molar-refractivity contribution in [2.45, 2.75) is 35.0 Å². The Hall–Kier alpha value is -1.97. The number of benzene rings is 2. The minimum Gasteiger partial charge on any atom is -0.249 e. The Kier molecular flexibility index (Phi) is 5.74. The summed E-state index contributed by atoms with van der Waals surface area (Å²) in [6.45, 7) is 0. The van der Waals surface area contributed by atoms with Crippen LogP contribution in [0.2, 0.25) is 0 Å². The highest BCUT2D eigenvalue weighted by Gasteiger charge is 2.32. The van der Waals surface area contributed by atoms with Gasteiger partial charge in [-0.2, -0.15) is 26.3 Å². The fourth-order valence-corrected chi connectivity index (χ4v) is 3.45. The number of halogens is 8. The van der Waals surface area contributed by atoms with Crippen LogP contribution in [0.5, 0.6) is 0 Å². The lowest BCUT2D eigenvalue weighted by Crippen LogP contribution is -2.15. The molecule has 0 fully saturated rings. The molecule has 0 N–H and O–H groups in total. The van der Waals surface area contributed by atoms with Crippen molar-refractivity contribution in [3.05, 3.63) is 59.2 Å². The van der Waals surface area contributed by atoms with Crippen molar-refractivity contribution in [3.63, 3.8) is 0 Å². The van der Waals surface area contributed by atoms with Gasteiger partial charge in [0.1, 0.15) is 11.6 Å². The lowest BCUT2D eigenvalue weighted by molar-refractivity contribution is -0.128. The third kappa shape index (κ3) is 5.03. The van der Waals surface area contributed by atoms with Gasteiger partial charge >= 0.3 is 12.4 Å². The topological polar surface area (TPSA) is 17.1 Å². The summed E-state index contributed by atoms with van der Waals surface area (Å²) in [6, 6.07) is 5.46. The number of alkyl halides is 6. The maximum absolute atomic E-state index is 14.2. The Labute approximate surface area is 145 Å². The fourth-order valence-electron chi connectivity index (χ4n) is 2.22. The molecule has 0 unspecified atom stereocenters. The Bertz CT molecular complexity index is 758. The van der Waals surface area contributed by atoms with Crippen molar-refractivity contribution < 1.29 is 39.3 Å². The Morgan fingerprint density at radius 2 is 1.04 bits per heavy atom. The van der Waals surface area contributed by atoms with E-state index >= 15 is 0 Å². The predicted octanol–water partition coefficient (Wildman–Crippen LogP) is 5.34. The van der Waals surface area contributed by atoms with Crippen molar-refractivity contribution in [3.8, 4) is 0 Å². The van der Waals surface area contributed by atoms with Gasteiger partial charge in [0.15, 0.2) is 0 Å². The van der Waals surface area contributed by atoms with Crippen molar-refractivity contribution in [1.82, 2.24) is 0 Å². The van der Waals surface area contributed by atoms with E-state index < -0.39 is 68.5 Å². The molecule has 142 valence electrons. The van der Waals surface area contributed by atoms with Gasteiger partial charge in [-0.05, 0) is 23.3 Å². The first kappa shape index (κ1) is 20.3. The van der Waals surface area contributed by atoms with Gasteiger partial charge < -0.3 is 0 Å². The molecule has 0 radical (unpaired) electrons. The van der Waals surface area contributed by atoms with Crippen LogP contribution in [0.3, 0.4) is 0 Å². The highest BCUT2D eigenvalue weighted by Crippen LogP contribution is 2.30. The van der Waals surface area contributed by atoms with E-state index in [1.54, 1.807) is 0 Å². The second kappa shape index (κ2) is 7.34. The third-order valence-electron chi connectivity index (χ3n) is 3.27. The molecule has 26 heavy (non-hydrogen) atoms. The van der Waals surface area contributed by atoms with Crippen LogP contribution in [0, 0.1) is 11.6 Å². The van der Waals surface area contributed by atoms with E-state index in [0.29, 0.717) is 0 Å². The first-order valence-corrected chi connectivity index (χ1v) is 8.14. The molecule has 0 aliphatic rings. The van der Waals surface area contributed by atoms with Gasteiger partial charge in [-0.25, -0.2) is 13.0 Å². The molecular weight excluding hydrogens is 392 g/mol. The molecule has 0 bridgehead atoms. The second-order valence-corrected chi connectivity index (χ2v) is 6.73. The number of hydrogen-bond donors (Lipinski definition) is 0. The zero-order valence-corrected chi connectivity index (χ0v) is 13.5. The normalized spacial score (nSPS) is 12.7. The molecular formula is C16H10F8OS. The molecule has 2 aromatic carbocycles. The SMILES string of the molecule is O=S(c1cccc(CC(F)(F)F)c1F)c1cccc(CC(F)(F)F)c1F. The van der Waals surface area contributed by atoms with Gasteiger partial charge in [0, 0.05) is 0 Å². The summed E-state index contributed by atoms with van der Waals surface area (Å²) in [4.78, 5) is -1.48. The molecule has 0 aliphatic heterocycles. The summed E-state index contributed by atoms with van der Waals surface area (Å²) in [5.74, 6) is -2.88. The van der Waals surface area contributed by atoms with Crippen LogP contribution in [0.1, 0.15) is 11.1 Å². The van der Waals surface area contributed by atoms with E-state index in [-0.39, 0.29) is 0 Å². The molecule has 0 amide bonds. The van der Waals surface area contributed by atoms with Gasteiger partial charge in [-0.3, -0.25) is 0 Å². The van der Waals surface area contributed by atoms with Gasteiger partial charge in [0.25, 0.3) is 0 Å². The minimum atomic E-state index is -4.72. The molecule has 0 aliphatic carbocycles. The van der Waals surface area contributed by atoms with Crippen LogP contribution in [0.15, 0.2) is 46.2 Å². The van der Waals surface area contributed by atoms with Gasteiger partial charge in [0.2, 0.25) is 0 Å². The highest BCUT2D eigenvalue weighted by molar-refractivity contribution is 7.85. The molecule has 0 saturated heterocycles. The van der Waals surface area contributed by atoms with E-state index in [2.05, 4.69) is 0 Å². The van der Waals surface area contributed by atoms with Gasteiger partial charge in [-0.15, -0.1) is 0 Å². The highest BCUT2D eigenvalue weighted by atomic mass is 32.2. The van der Waals surface area contributed by atoms with Gasteiger partial charge in [0.05, 0.1) is 33.4 Å². The van der Waals surface area contributed by atoms with E-state index in [0.717, 1.165) is 36.4 Å². The number of rotatable bonds is 4. The van der Waals surface area contributed by atoms with Crippen molar-refractivity contribution >= 4 is 10.8 Å². The molecule has 2 aromatic rings. The third-order valence-corrected chi connectivity index (χ3v) is 4.70. The smallest absolute Gasteiger partial charge is 0.249 e. The zero-order valence-electron chi connectivity index (χ0n) is 12.7. The summed E-state index contributed by atoms with van der Waals surface area (Å²) in [5.41, 5.74) is -1.59. The molecule has 0 aromatic heterocycles. The predicted molar refractivity (Wildman–Crippen MR) is 77.0 cm³/mol. The first-order valence-electron chi connectivity index (χ1n) is 6.99. The van der Waals surface area contributed by atoms with Crippen LogP contribution in [0.25, 0.3) is 0 Å². The van der Waals surface area contributed by atoms with Crippen LogP contribution in [0.4, 0.5) is 35.1 Å². The van der Waals surface area contributed by atoms with Crippen molar-refractivity contribution in [2.24, 2.45) is 0 Å². The summed E-state index contributed by atoms with van der Waals surface area (Å²) in [7, 11) is -2.63. The average Bonchev–Trinajstić information content (AvgIpc) is 2.48. The molecule has 0 heterocycles. The van der Waals surface area contributed by atoms with Crippen LogP contribution < -0.4 is 0 Å². The molecule has 0 saturated carbocycles. The largest absolute Gasteiger partial charge is 0.393 e. The average molecular weight is 402 g/mol. The van der Waals surface area contributed by atoms with E-state index in [4.69, 9.17) is 0 Å². The van der Waals surface area contributed by atoms with Crippen molar-refractivity contribution in [2.75, 3.05) is 0 Å². The summed E-state index contributed by atoms with van der Waals surface area (Å²) in [6.07, 6.45) is -12.7. The van der Waals surface area contributed by atoms with Crippen LogP contribution in [-0.4, -0.2) is 16.6 Å². The van der Waals surface area contributed by atoms with Crippen molar-refractivity contribution in [1.29, 1.82) is 0 Å². The van der Waals surface area contributed by atoms with Crippen LogP contribution in [-0.2, 0) is 23.6 Å². The maximum Gasteiger partial charge on any atom is 0.393 e. The minimum absolute atomic E-state index is 0.741. The van der Waals surface area contributed by atoms with E-state index in [1.165, 1.54) is 0 Å². The fraction of sp³-hybridized carbons (Fsp3) is 0.250. The first-order chi connectivity index (χ1) is 11.9. The lowest BCUT2D eigenvalue weighted by Gasteiger charge is -2.13. The monoisotopic (exact) mass is 402 g/mol. The molecule has 0 atom stereocenters. The zero-order chi connectivity index (χ0) is 19.7. The lowest BCUT2D eigenvalue weighted by atomic mass is 10.1. The van der Waals surface area contributed by atoms with E-state index in [9.17, 15) is 39.3 Å². The quantitative estimate of drug-likeness (QED) is 0.631. The summed E-state index contributed by atoms with van der Waals surface area (Å²) >= 11 is 0. The molecule has 1 nitrogen and oxygen atoms in total. The number of hydrogen-bond acceptors (Lipinski definition) is 1. The Balaban J connectivity index is 2.44. The Morgan fingerprint density at radius 1 is 0.692 bits per heavy atom. The summed E-state index contributed by atoms with van der Waals surface area (Å²) < 4.78 is 116. The maximum atomic E-state index is 14.2. The molecule has 10 heteroatoms. The molecule has 0 spiro atoms.